The Labute approximate surface area is 120 Å². The van der Waals surface area contributed by atoms with E-state index in [2.05, 4.69) is 55.4 Å². The van der Waals surface area contributed by atoms with Crippen molar-refractivity contribution in [2.45, 2.75) is 25.3 Å². The van der Waals surface area contributed by atoms with Crippen molar-refractivity contribution in [3.63, 3.8) is 0 Å². The standard InChI is InChI=1S/C13H18Br2N2/c14-11-4-3-10(7-12(11)15)13(8-16)17-6-5-9-1-2-9/h3-4,7,9,13,17H,1-2,5-6,8,16H2. The van der Waals surface area contributed by atoms with Crippen LogP contribution in [0.2, 0.25) is 0 Å². The molecule has 17 heavy (non-hydrogen) atoms. The summed E-state index contributed by atoms with van der Waals surface area (Å²) in [7, 11) is 0. The number of hydrogen-bond donors (Lipinski definition) is 2. The lowest BCUT2D eigenvalue weighted by Gasteiger charge is -2.18. The number of nitrogens with two attached hydrogens (primary N) is 1. The number of rotatable bonds is 6. The van der Waals surface area contributed by atoms with Gasteiger partial charge in [0.05, 0.1) is 0 Å². The lowest BCUT2D eigenvalue weighted by molar-refractivity contribution is 0.516. The molecule has 1 aromatic rings. The van der Waals surface area contributed by atoms with Gasteiger partial charge in [0.15, 0.2) is 0 Å². The summed E-state index contributed by atoms with van der Waals surface area (Å²) in [6.07, 6.45) is 4.12. The maximum Gasteiger partial charge on any atom is 0.0444 e. The fourth-order valence-electron chi connectivity index (χ4n) is 1.93. The zero-order chi connectivity index (χ0) is 12.3. The minimum atomic E-state index is 0.262. The highest BCUT2D eigenvalue weighted by atomic mass is 79.9. The van der Waals surface area contributed by atoms with Gasteiger partial charge in [-0.25, -0.2) is 0 Å². The molecule has 3 N–H and O–H groups in total. The van der Waals surface area contributed by atoms with Crippen molar-refractivity contribution < 1.29 is 0 Å². The summed E-state index contributed by atoms with van der Waals surface area (Å²) in [6.45, 7) is 1.71. The van der Waals surface area contributed by atoms with Gasteiger partial charge >= 0.3 is 0 Å². The first-order valence-corrected chi connectivity index (χ1v) is 7.67. The Bertz CT molecular complexity index is 378. The predicted octanol–water partition coefficient (Wildman–Crippen LogP) is 3.60. The summed E-state index contributed by atoms with van der Waals surface area (Å²) in [6, 6.07) is 6.57. The molecule has 0 saturated heterocycles. The van der Waals surface area contributed by atoms with Crippen LogP contribution < -0.4 is 11.1 Å². The molecule has 1 aliphatic rings. The van der Waals surface area contributed by atoms with Crippen LogP contribution in [0.15, 0.2) is 27.1 Å². The number of hydrogen-bond acceptors (Lipinski definition) is 2. The second-order valence-electron chi connectivity index (χ2n) is 4.65. The highest BCUT2D eigenvalue weighted by molar-refractivity contribution is 9.13. The van der Waals surface area contributed by atoms with Gasteiger partial charge in [-0.3, -0.25) is 0 Å². The molecule has 1 fully saturated rings. The molecule has 0 amide bonds. The zero-order valence-corrected chi connectivity index (χ0v) is 12.9. The Kier molecular flexibility index (Phi) is 5.03. The molecule has 0 aromatic heterocycles. The van der Waals surface area contributed by atoms with E-state index < -0.39 is 0 Å². The quantitative estimate of drug-likeness (QED) is 0.812. The van der Waals surface area contributed by atoms with Crippen molar-refractivity contribution in [3.05, 3.63) is 32.7 Å². The molecule has 1 saturated carbocycles. The van der Waals surface area contributed by atoms with E-state index in [-0.39, 0.29) is 6.04 Å². The van der Waals surface area contributed by atoms with E-state index in [4.69, 9.17) is 5.73 Å². The van der Waals surface area contributed by atoms with E-state index in [1.807, 2.05) is 0 Å². The van der Waals surface area contributed by atoms with Crippen molar-refractivity contribution in [3.8, 4) is 0 Å². The van der Waals surface area contributed by atoms with Gasteiger partial charge in [0.1, 0.15) is 0 Å². The largest absolute Gasteiger partial charge is 0.329 e. The molecular formula is C13H18Br2N2. The van der Waals surface area contributed by atoms with Crippen LogP contribution >= 0.6 is 31.9 Å². The Balaban J connectivity index is 1.92. The first-order valence-electron chi connectivity index (χ1n) is 6.09. The van der Waals surface area contributed by atoms with E-state index in [1.165, 1.54) is 24.8 Å². The molecule has 1 atom stereocenters. The minimum Gasteiger partial charge on any atom is -0.329 e. The Morgan fingerprint density at radius 3 is 2.65 bits per heavy atom. The summed E-state index contributed by atoms with van der Waals surface area (Å²) in [5.41, 5.74) is 7.08. The molecule has 94 valence electrons. The van der Waals surface area contributed by atoms with Crippen molar-refractivity contribution >= 4 is 31.9 Å². The molecular weight excluding hydrogens is 344 g/mol. The third-order valence-electron chi connectivity index (χ3n) is 3.22. The van der Waals surface area contributed by atoms with Crippen LogP contribution in [-0.4, -0.2) is 13.1 Å². The molecule has 1 unspecified atom stereocenters. The number of nitrogens with one attached hydrogen (secondary N) is 1. The van der Waals surface area contributed by atoms with Gasteiger partial charge < -0.3 is 11.1 Å². The second kappa shape index (κ2) is 6.32. The number of benzene rings is 1. The summed E-state index contributed by atoms with van der Waals surface area (Å²) >= 11 is 7.01. The fourth-order valence-corrected chi connectivity index (χ4v) is 2.58. The van der Waals surface area contributed by atoms with Crippen LogP contribution in [-0.2, 0) is 0 Å². The first kappa shape index (κ1) is 13.5. The van der Waals surface area contributed by atoms with Gasteiger partial charge in [-0.15, -0.1) is 0 Å². The third kappa shape index (κ3) is 4.05. The van der Waals surface area contributed by atoms with Gasteiger partial charge in [-0.05, 0) is 68.4 Å². The van der Waals surface area contributed by atoms with E-state index in [0.717, 1.165) is 21.4 Å². The lowest BCUT2D eigenvalue weighted by atomic mass is 10.1. The van der Waals surface area contributed by atoms with Crippen LogP contribution in [0.4, 0.5) is 0 Å². The molecule has 2 nitrogen and oxygen atoms in total. The van der Waals surface area contributed by atoms with Crippen LogP contribution in [0.3, 0.4) is 0 Å². The predicted molar refractivity (Wildman–Crippen MR) is 79.0 cm³/mol. The monoisotopic (exact) mass is 360 g/mol. The molecule has 0 radical (unpaired) electrons. The fraction of sp³-hybridized carbons (Fsp3) is 0.538. The molecule has 0 aliphatic heterocycles. The van der Waals surface area contributed by atoms with Crippen LogP contribution in [0.5, 0.6) is 0 Å². The van der Waals surface area contributed by atoms with Gasteiger partial charge in [0.2, 0.25) is 0 Å². The smallest absolute Gasteiger partial charge is 0.0444 e. The van der Waals surface area contributed by atoms with Crippen molar-refractivity contribution in [1.29, 1.82) is 0 Å². The van der Waals surface area contributed by atoms with Gasteiger partial charge in [-0.2, -0.15) is 0 Å². The summed E-state index contributed by atoms with van der Waals surface area (Å²) in [5, 5.41) is 3.54. The Morgan fingerprint density at radius 2 is 2.06 bits per heavy atom. The summed E-state index contributed by atoms with van der Waals surface area (Å²) < 4.78 is 2.16. The van der Waals surface area contributed by atoms with E-state index >= 15 is 0 Å². The summed E-state index contributed by atoms with van der Waals surface area (Å²) in [5.74, 6) is 0.970. The van der Waals surface area contributed by atoms with Crippen molar-refractivity contribution in [2.75, 3.05) is 13.1 Å². The highest BCUT2D eigenvalue weighted by Crippen LogP contribution is 2.32. The van der Waals surface area contributed by atoms with Crippen LogP contribution in [0, 0.1) is 5.92 Å². The maximum absolute atomic E-state index is 5.84. The van der Waals surface area contributed by atoms with Crippen LogP contribution in [0.25, 0.3) is 0 Å². The lowest BCUT2D eigenvalue weighted by Crippen LogP contribution is -2.29. The maximum atomic E-state index is 5.84. The molecule has 0 heterocycles. The van der Waals surface area contributed by atoms with E-state index in [0.29, 0.717) is 6.54 Å². The van der Waals surface area contributed by atoms with E-state index in [1.54, 1.807) is 0 Å². The Hall–Kier alpha value is 0.1000. The normalized spacial score (nSPS) is 17.1. The third-order valence-corrected chi connectivity index (χ3v) is 5.10. The van der Waals surface area contributed by atoms with E-state index in [9.17, 15) is 0 Å². The topological polar surface area (TPSA) is 38.0 Å². The molecule has 0 bridgehead atoms. The number of halogens is 2. The SMILES string of the molecule is NCC(NCCC1CC1)c1ccc(Br)c(Br)c1. The molecule has 2 rings (SSSR count). The van der Waals surface area contributed by atoms with Crippen LogP contribution in [0.1, 0.15) is 30.9 Å². The summed E-state index contributed by atoms with van der Waals surface area (Å²) in [4.78, 5) is 0. The second-order valence-corrected chi connectivity index (χ2v) is 6.36. The first-order chi connectivity index (χ1) is 8.20. The molecule has 4 heteroatoms. The average molecular weight is 362 g/mol. The zero-order valence-electron chi connectivity index (χ0n) is 9.76. The van der Waals surface area contributed by atoms with Gasteiger partial charge in [-0.1, -0.05) is 18.9 Å². The van der Waals surface area contributed by atoms with Gasteiger partial charge in [0, 0.05) is 21.5 Å². The molecule has 1 aliphatic carbocycles. The van der Waals surface area contributed by atoms with Gasteiger partial charge in [0.25, 0.3) is 0 Å². The molecule has 0 spiro atoms. The Morgan fingerprint density at radius 1 is 1.29 bits per heavy atom. The highest BCUT2D eigenvalue weighted by Gasteiger charge is 2.21. The molecule has 1 aromatic carbocycles. The average Bonchev–Trinajstić information content (AvgIpc) is 3.12. The van der Waals surface area contributed by atoms with Crippen molar-refractivity contribution in [1.82, 2.24) is 5.32 Å². The van der Waals surface area contributed by atoms with Crippen molar-refractivity contribution in [2.24, 2.45) is 11.7 Å². The minimum absolute atomic E-state index is 0.262.